The van der Waals surface area contributed by atoms with Gasteiger partial charge in [0.2, 0.25) is 5.91 Å². The monoisotopic (exact) mass is 234 g/mol. The summed E-state index contributed by atoms with van der Waals surface area (Å²) in [7, 11) is -2.99. The van der Waals surface area contributed by atoms with E-state index in [4.69, 9.17) is 0 Å². The van der Waals surface area contributed by atoms with Crippen LogP contribution in [0.5, 0.6) is 0 Å². The van der Waals surface area contributed by atoms with E-state index >= 15 is 0 Å². The lowest BCUT2D eigenvalue weighted by molar-refractivity contribution is -0.123. The van der Waals surface area contributed by atoms with Gasteiger partial charge in [0.15, 0.2) is 0 Å². The highest BCUT2D eigenvalue weighted by atomic mass is 32.2. The van der Waals surface area contributed by atoms with Crippen LogP contribution < -0.4 is 10.6 Å². The van der Waals surface area contributed by atoms with Gasteiger partial charge in [0, 0.05) is 12.8 Å². The smallest absolute Gasteiger partial charge is 0.237 e. The summed E-state index contributed by atoms with van der Waals surface area (Å²) in [4.78, 5) is 11.5. The molecule has 1 aliphatic rings. The Kier molecular flexibility index (Phi) is 4.53. The molecule has 0 spiro atoms. The second kappa shape index (κ2) is 5.46. The van der Waals surface area contributed by atoms with Gasteiger partial charge in [0.1, 0.15) is 9.84 Å². The number of nitrogens with one attached hydrogen (secondary N) is 2. The van der Waals surface area contributed by atoms with Gasteiger partial charge >= 0.3 is 0 Å². The normalized spacial score (nSPS) is 22.3. The van der Waals surface area contributed by atoms with Crippen LogP contribution in [0.1, 0.15) is 19.3 Å². The van der Waals surface area contributed by atoms with E-state index in [1.807, 2.05) is 0 Å². The van der Waals surface area contributed by atoms with Gasteiger partial charge in [-0.05, 0) is 19.4 Å². The minimum atomic E-state index is -2.99. The van der Waals surface area contributed by atoms with Gasteiger partial charge in [0.05, 0.1) is 11.8 Å². The fourth-order valence-electron chi connectivity index (χ4n) is 1.56. The third kappa shape index (κ3) is 5.13. The highest BCUT2D eigenvalue weighted by Crippen LogP contribution is 2.06. The van der Waals surface area contributed by atoms with Crippen molar-refractivity contribution in [3.8, 4) is 0 Å². The van der Waals surface area contributed by atoms with Crippen molar-refractivity contribution in [2.24, 2.45) is 0 Å². The Bertz CT molecular complexity index is 307. The molecule has 1 unspecified atom stereocenters. The van der Waals surface area contributed by atoms with E-state index in [1.54, 1.807) is 0 Å². The topological polar surface area (TPSA) is 75.3 Å². The molecular weight excluding hydrogens is 216 g/mol. The summed E-state index contributed by atoms with van der Waals surface area (Å²) in [5.74, 6) is -0.0794. The molecule has 1 saturated heterocycles. The van der Waals surface area contributed by atoms with Gasteiger partial charge in [-0.15, -0.1) is 0 Å². The number of piperidine rings is 1. The molecule has 1 heterocycles. The average molecular weight is 234 g/mol. The Morgan fingerprint density at radius 2 is 2.20 bits per heavy atom. The molecule has 2 N–H and O–H groups in total. The Labute approximate surface area is 90.5 Å². The Morgan fingerprint density at radius 3 is 2.73 bits per heavy atom. The minimum Gasteiger partial charge on any atom is -0.354 e. The van der Waals surface area contributed by atoms with Gasteiger partial charge in [0.25, 0.3) is 0 Å². The number of carbonyl (C=O) groups excluding carboxylic acids is 1. The molecule has 0 aromatic heterocycles. The van der Waals surface area contributed by atoms with Crippen molar-refractivity contribution < 1.29 is 13.2 Å². The van der Waals surface area contributed by atoms with Gasteiger partial charge in [-0.1, -0.05) is 6.42 Å². The van der Waals surface area contributed by atoms with Crippen LogP contribution in [0.15, 0.2) is 0 Å². The summed E-state index contributed by atoms with van der Waals surface area (Å²) in [6.07, 6.45) is 4.16. The summed E-state index contributed by atoms with van der Waals surface area (Å²) in [6.45, 7) is 1.07. The van der Waals surface area contributed by atoms with E-state index in [2.05, 4.69) is 10.6 Å². The van der Waals surface area contributed by atoms with E-state index in [0.717, 1.165) is 32.1 Å². The lowest BCUT2D eigenvalue weighted by Gasteiger charge is -2.22. The third-order valence-electron chi connectivity index (χ3n) is 2.40. The van der Waals surface area contributed by atoms with Crippen LogP contribution in [0.25, 0.3) is 0 Å². The summed E-state index contributed by atoms with van der Waals surface area (Å²) in [6, 6.07) is -0.140. The van der Waals surface area contributed by atoms with E-state index in [0.29, 0.717) is 0 Å². The van der Waals surface area contributed by atoms with Crippen LogP contribution >= 0.6 is 0 Å². The molecule has 88 valence electrons. The molecule has 6 heteroatoms. The highest BCUT2D eigenvalue weighted by molar-refractivity contribution is 7.90. The van der Waals surface area contributed by atoms with E-state index < -0.39 is 9.84 Å². The first kappa shape index (κ1) is 12.4. The SMILES string of the molecule is CS(=O)(=O)CCNC(=O)C1CCCCN1. The predicted molar refractivity (Wildman–Crippen MR) is 58.4 cm³/mol. The van der Waals surface area contributed by atoms with Crippen LogP contribution in [-0.4, -0.2) is 45.5 Å². The lowest BCUT2D eigenvalue weighted by atomic mass is 10.0. The molecule has 1 amide bonds. The molecular formula is C9H18N2O3S. The zero-order valence-corrected chi connectivity index (χ0v) is 9.77. The van der Waals surface area contributed by atoms with Crippen molar-refractivity contribution in [1.82, 2.24) is 10.6 Å². The Hall–Kier alpha value is -0.620. The first-order chi connectivity index (χ1) is 6.99. The fraction of sp³-hybridized carbons (Fsp3) is 0.889. The first-order valence-electron chi connectivity index (χ1n) is 5.18. The van der Waals surface area contributed by atoms with E-state index in [1.165, 1.54) is 0 Å². The van der Waals surface area contributed by atoms with Gasteiger partial charge in [-0.2, -0.15) is 0 Å². The lowest BCUT2D eigenvalue weighted by Crippen LogP contribution is -2.47. The molecule has 0 aromatic carbocycles. The van der Waals surface area contributed by atoms with Crippen molar-refractivity contribution in [3.63, 3.8) is 0 Å². The van der Waals surface area contributed by atoms with Gasteiger partial charge in [-0.3, -0.25) is 4.79 Å². The van der Waals surface area contributed by atoms with Crippen LogP contribution in [0.3, 0.4) is 0 Å². The number of amides is 1. The Morgan fingerprint density at radius 1 is 1.47 bits per heavy atom. The maximum Gasteiger partial charge on any atom is 0.237 e. The van der Waals surface area contributed by atoms with Crippen LogP contribution in [0.4, 0.5) is 0 Å². The quantitative estimate of drug-likeness (QED) is 0.674. The second-order valence-corrected chi connectivity index (χ2v) is 6.18. The number of hydrogen-bond acceptors (Lipinski definition) is 4. The standard InChI is InChI=1S/C9H18N2O3S/c1-15(13,14)7-6-11-9(12)8-4-2-3-5-10-8/h8,10H,2-7H2,1H3,(H,11,12). The minimum absolute atomic E-state index is 0.00542. The van der Waals surface area contributed by atoms with Crippen molar-refractivity contribution >= 4 is 15.7 Å². The maximum atomic E-state index is 11.5. The van der Waals surface area contributed by atoms with Crippen molar-refractivity contribution in [1.29, 1.82) is 0 Å². The highest BCUT2D eigenvalue weighted by Gasteiger charge is 2.19. The van der Waals surface area contributed by atoms with Crippen LogP contribution in [0, 0.1) is 0 Å². The Balaban J connectivity index is 2.23. The molecule has 5 nitrogen and oxygen atoms in total. The molecule has 1 rings (SSSR count). The number of rotatable bonds is 4. The van der Waals surface area contributed by atoms with E-state index in [-0.39, 0.29) is 24.2 Å². The molecule has 0 bridgehead atoms. The number of carbonyl (C=O) groups is 1. The summed E-state index contributed by atoms with van der Waals surface area (Å²) >= 11 is 0. The van der Waals surface area contributed by atoms with Crippen molar-refractivity contribution in [2.75, 3.05) is 25.1 Å². The maximum absolute atomic E-state index is 11.5. The molecule has 0 saturated carbocycles. The zero-order valence-electron chi connectivity index (χ0n) is 8.95. The molecule has 15 heavy (non-hydrogen) atoms. The second-order valence-electron chi connectivity index (χ2n) is 3.92. The predicted octanol–water partition coefficient (Wildman–Crippen LogP) is -0.711. The number of hydrogen-bond donors (Lipinski definition) is 2. The van der Waals surface area contributed by atoms with Crippen molar-refractivity contribution in [3.05, 3.63) is 0 Å². The van der Waals surface area contributed by atoms with Crippen LogP contribution in [-0.2, 0) is 14.6 Å². The molecule has 1 atom stereocenters. The third-order valence-corrected chi connectivity index (χ3v) is 3.34. The summed E-state index contributed by atoms with van der Waals surface area (Å²) in [5.41, 5.74) is 0. The van der Waals surface area contributed by atoms with E-state index in [9.17, 15) is 13.2 Å². The van der Waals surface area contributed by atoms with Gasteiger partial charge < -0.3 is 10.6 Å². The molecule has 0 radical (unpaired) electrons. The molecule has 1 aliphatic heterocycles. The van der Waals surface area contributed by atoms with Crippen molar-refractivity contribution in [2.45, 2.75) is 25.3 Å². The molecule has 1 fully saturated rings. The average Bonchev–Trinajstić information content (AvgIpc) is 2.17. The van der Waals surface area contributed by atoms with Gasteiger partial charge in [-0.25, -0.2) is 8.42 Å². The first-order valence-corrected chi connectivity index (χ1v) is 7.24. The zero-order chi connectivity index (χ0) is 11.3. The number of sulfone groups is 1. The van der Waals surface area contributed by atoms with Crippen LogP contribution in [0.2, 0.25) is 0 Å². The summed E-state index contributed by atoms with van der Waals surface area (Å²) < 4.78 is 21.6. The summed E-state index contributed by atoms with van der Waals surface area (Å²) in [5, 5.41) is 5.73. The largest absolute Gasteiger partial charge is 0.354 e. The fourth-order valence-corrected chi connectivity index (χ4v) is 2.03. The molecule has 0 aromatic rings. The molecule has 0 aliphatic carbocycles.